The first-order chi connectivity index (χ1) is 7.79. The molecule has 17 heavy (non-hydrogen) atoms. The fourth-order valence-electron chi connectivity index (χ4n) is 1.58. The van der Waals surface area contributed by atoms with Crippen molar-refractivity contribution < 1.29 is 14.6 Å². The van der Waals surface area contributed by atoms with Gasteiger partial charge in [-0.15, -0.1) is 0 Å². The zero-order valence-electron chi connectivity index (χ0n) is 10.4. The minimum absolute atomic E-state index is 0.0443. The van der Waals surface area contributed by atoms with Gasteiger partial charge >= 0.3 is 5.97 Å². The standard InChI is InChI=1S/C13H19NO3/c1-13(2,3)17-12(14)10-7-5-4-6-9(10)8-11(15)16/h4-7,12H,8,14H2,1-3H3,(H,15,16). The lowest BCUT2D eigenvalue weighted by molar-refractivity contribution is -0.136. The zero-order chi connectivity index (χ0) is 13.1. The van der Waals surface area contributed by atoms with Crippen molar-refractivity contribution in [3.63, 3.8) is 0 Å². The van der Waals surface area contributed by atoms with E-state index in [2.05, 4.69) is 0 Å². The van der Waals surface area contributed by atoms with Crippen LogP contribution in [-0.2, 0) is 16.0 Å². The molecule has 1 rings (SSSR count). The van der Waals surface area contributed by atoms with E-state index >= 15 is 0 Å². The van der Waals surface area contributed by atoms with Gasteiger partial charge in [0.05, 0.1) is 12.0 Å². The number of benzene rings is 1. The van der Waals surface area contributed by atoms with E-state index < -0.39 is 12.2 Å². The van der Waals surface area contributed by atoms with Gasteiger partial charge in [-0.1, -0.05) is 24.3 Å². The van der Waals surface area contributed by atoms with Crippen molar-refractivity contribution >= 4 is 5.97 Å². The maximum atomic E-state index is 10.7. The van der Waals surface area contributed by atoms with Crippen molar-refractivity contribution in [3.8, 4) is 0 Å². The molecule has 0 amide bonds. The summed E-state index contributed by atoms with van der Waals surface area (Å²) in [5.41, 5.74) is 7.00. The Balaban J connectivity index is 2.92. The fraction of sp³-hybridized carbons (Fsp3) is 0.462. The summed E-state index contributed by atoms with van der Waals surface area (Å²) >= 11 is 0. The summed E-state index contributed by atoms with van der Waals surface area (Å²) in [6.45, 7) is 5.73. The summed E-state index contributed by atoms with van der Waals surface area (Å²) in [6.07, 6.45) is -0.650. The highest BCUT2D eigenvalue weighted by atomic mass is 16.5. The van der Waals surface area contributed by atoms with Crippen LogP contribution < -0.4 is 5.73 Å². The number of carboxylic acids is 1. The topological polar surface area (TPSA) is 72.5 Å². The van der Waals surface area contributed by atoms with E-state index in [1.165, 1.54) is 0 Å². The summed E-state index contributed by atoms with van der Waals surface area (Å²) in [4.78, 5) is 10.7. The number of nitrogens with two attached hydrogens (primary N) is 1. The SMILES string of the molecule is CC(C)(C)OC(N)c1ccccc1CC(=O)O. The van der Waals surface area contributed by atoms with Crippen molar-refractivity contribution in [1.29, 1.82) is 0 Å². The number of ether oxygens (including phenoxy) is 1. The minimum atomic E-state index is -0.875. The molecule has 0 aliphatic heterocycles. The van der Waals surface area contributed by atoms with Crippen LogP contribution >= 0.6 is 0 Å². The third-order valence-corrected chi connectivity index (χ3v) is 2.18. The van der Waals surface area contributed by atoms with Crippen LogP contribution in [0.15, 0.2) is 24.3 Å². The van der Waals surface area contributed by atoms with E-state index in [9.17, 15) is 4.79 Å². The molecule has 0 bridgehead atoms. The van der Waals surface area contributed by atoms with Crippen molar-refractivity contribution in [2.45, 2.75) is 39.0 Å². The van der Waals surface area contributed by atoms with Gasteiger partial charge in [0.25, 0.3) is 0 Å². The normalized spacial score (nSPS) is 13.4. The van der Waals surface area contributed by atoms with E-state index in [1.807, 2.05) is 26.8 Å². The summed E-state index contributed by atoms with van der Waals surface area (Å²) in [7, 11) is 0. The van der Waals surface area contributed by atoms with Crippen LogP contribution in [-0.4, -0.2) is 16.7 Å². The summed E-state index contributed by atoms with van der Waals surface area (Å²) in [5.74, 6) is -0.875. The van der Waals surface area contributed by atoms with Gasteiger partial charge in [-0.2, -0.15) is 0 Å². The maximum absolute atomic E-state index is 10.7. The van der Waals surface area contributed by atoms with Crippen molar-refractivity contribution in [3.05, 3.63) is 35.4 Å². The van der Waals surface area contributed by atoms with Gasteiger partial charge in [-0.3, -0.25) is 4.79 Å². The second-order valence-corrected chi connectivity index (χ2v) is 4.92. The molecule has 0 spiro atoms. The van der Waals surface area contributed by atoms with E-state index in [0.717, 1.165) is 5.56 Å². The quantitative estimate of drug-likeness (QED) is 0.786. The monoisotopic (exact) mass is 237 g/mol. The number of carbonyl (C=O) groups is 1. The molecule has 94 valence electrons. The van der Waals surface area contributed by atoms with E-state index in [-0.39, 0.29) is 12.0 Å². The summed E-state index contributed by atoms with van der Waals surface area (Å²) in [6, 6.07) is 7.18. The molecule has 4 heteroatoms. The molecule has 4 nitrogen and oxygen atoms in total. The smallest absolute Gasteiger partial charge is 0.307 e. The van der Waals surface area contributed by atoms with Crippen LogP contribution in [0, 0.1) is 0 Å². The predicted molar refractivity (Wildman–Crippen MR) is 65.5 cm³/mol. The molecule has 1 aromatic rings. The second kappa shape index (κ2) is 5.29. The van der Waals surface area contributed by atoms with Crippen LogP contribution in [0.2, 0.25) is 0 Å². The lowest BCUT2D eigenvalue weighted by Gasteiger charge is -2.26. The maximum Gasteiger partial charge on any atom is 0.307 e. The van der Waals surface area contributed by atoms with Gasteiger partial charge in [0.15, 0.2) is 0 Å². The first kappa shape index (κ1) is 13.7. The highest BCUT2D eigenvalue weighted by Crippen LogP contribution is 2.22. The Morgan fingerprint density at radius 1 is 1.41 bits per heavy atom. The molecular weight excluding hydrogens is 218 g/mol. The molecule has 1 unspecified atom stereocenters. The van der Waals surface area contributed by atoms with Crippen LogP contribution in [0.1, 0.15) is 38.1 Å². The third-order valence-electron chi connectivity index (χ3n) is 2.18. The van der Waals surface area contributed by atoms with Crippen LogP contribution in [0.5, 0.6) is 0 Å². The summed E-state index contributed by atoms with van der Waals surface area (Å²) < 4.78 is 5.63. The van der Waals surface area contributed by atoms with Crippen molar-refractivity contribution in [1.82, 2.24) is 0 Å². The van der Waals surface area contributed by atoms with Crippen molar-refractivity contribution in [2.24, 2.45) is 5.73 Å². The van der Waals surface area contributed by atoms with Crippen LogP contribution in [0.4, 0.5) is 0 Å². The average Bonchev–Trinajstić information content (AvgIpc) is 2.14. The molecule has 0 aliphatic rings. The van der Waals surface area contributed by atoms with Gasteiger partial charge in [-0.05, 0) is 31.9 Å². The second-order valence-electron chi connectivity index (χ2n) is 4.92. The average molecular weight is 237 g/mol. The molecule has 0 aromatic heterocycles. The molecule has 0 saturated heterocycles. The largest absolute Gasteiger partial charge is 0.481 e. The van der Waals surface area contributed by atoms with Crippen LogP contribution in [0.3, 0.4) is 0 Å². The fourth-order valence-corrected chi connectivity index (χ4v) is 1.58. The van der Waals surface area contributed by atoms with Crippen molar-refractivity contribution in [2.75, 3.05) is 0 Å². The third kappa shape index (κ3) is 4.54. The molecule has 0 radical (unpaired) electrons. The molecule has 1 atom stereocenters. The Hall–Kier alpha value is -1.39. The number of aliphatic carboxylic acids is 1. The molecule has 3 N–H and O–H groups in total. The Kier molecular flexibility index (Phi) is 4.26. The van der Waals surface area contributed by atoms with E-state index in [1.54, 1.807) is 18.2 Å². The van der Waals surface area contributed by atoms with Gasteiger partial charge in [0.2, 0.25) is 0 Å². The van der Waals surface area contributed by atoms with Gasteiger partial charge in [0.1, 0.15) is 6.23 Å². The van der Waals surface area contributed by atoms with E-state index in [4.69, 9.17) is 15.6 Å². The number of rotatable bonds is 4. The molecule has 0 aliphatic carbocycles. The Bertz CT molecular complexity index is 396. The zero-order valence-corrected chi connectivity index (χ0v) is 10.4. The molecule has 0 saturated carbocycles. The lowest BCUT2D eigenvalue weighted by atomic mass is 10.0. The Labute approximate surface area is 101 Å². The van der Waals surface area contributed by atoms with Crippen LogP contribution in [0.25, 0.3) is 0 Å². The van der Waals surface area contributed by atoms with Gasteiger partial charge < -0.3 is 15.6 Å². The highest BCUT2D eigenvalue weighted by molar-refractivity contribution is 5.70. The van der Waals surface area contributed by atoms with E-state index in [0.29, 0.717) is 5.56 Å². The number of carboxylic acid groups (broad SMARTS) is 1. The molecule has 0 heterocycles. The van der Waals surface area contributed by atoms with Gasteiger partial charge in [-0.25, -0.2) is 0 Å². The molecule has 1 aromatic carbocycles. The Morgan fingerprint density at radius 3 is 2.53 bits per heavy atom. The molecule has 0 fully saturated rings. The lowest BCUT2D eigenvalue weighted by Crippen LogP contribution is -2.28. The van der Waals surface area contributed by atoms with Gasteiger partial charge in [0, 0.05) is 0 Å². The number of hydrogen-bond acceptors (Lipinski definition) is 3. The Morgan fingerprint density at radius 2 is 2.00 bits per heavy atom. The minimum Gasteiger partial charge on any atom is -0.481 e. The number of hydrogen-bond donors (Lipinski definition) is 2. The predicted octanol–water partition coefficient (Wildman–Crippen LogP) is 2.09. The first-order valence-corrected chi connectivity index (χ1v) is 5.52. The first-order valence-electron chi connectivity index (χ1n) is 5.52. The highest BCUT2D eigenvalue weighted by Gasteiger charge is 2.19. The summed E-state index contributed by atoms with van der Waals surface area (Å²) in [5, 5.41) is 8.82. The molecular formula is C13H19NO3.